The first-order valence-electron chi connectivity index (χ1n) is 6.92. The Balaban J connectivity index is 4.09. The molecule has 0 aliphatic carbocycles. The predicted molar refractivity (Wildman–Crippen MR) is 80.0 cm³/mol. The second kappa shape index (κ2) is 10.0. The summed E-state index contributed by atoms with van der Waals surface area (Å²) in [5.74, 6) is 12.1. The summed E-state index contributed by atoms with van der Waals surface area (Å²) in [5.41, 5.74) is 5.64. The number of unbranched alkanes of at least 4 members (excludes halogenated alkanes) is 2. The van der Waals surface area contributed by atoms with Gasteiger partial charge in [0.15, 0.2) is 0 Å². The average molecular weight is 248 g/mol. The lowest BCUT2D eigenvalue weighted by Gasteiger charge is -2.18. The van der Waals surface area contributed by atoms with Gasteiger partial charge in [-0.05, 0) is 45.6 Å². The maximum absolute atomic E-state index is 5.60. The minimum atomic E-state index is 0.0345. The van der Waals surface area contributed by atoms with Crippen LogP contribution >= 0.6 is 0 Å². The number of hydrogen-bond acceptors (Lipinski definition) is 2. The van der Waals surface area contributed by atoms with E-state index in [0.29, 0.717) is 6.54 Å². The van der Waals surface area contributed by atoms with Gasteiger partial charge < -0.3 is 5.73 Å². The molecule has 0 aliphatic rings. The van der Waals surface area contributed by atoms with E-state index < -0.39 is 0 Å². The van der Waals surface area contributed by atoms with Gasteiger partial charge in [0.2, 0.25) is 0 Å². The molecule has 102 valence electrons. The molecule has 2 heteroatoms. The lowest BCUT2D eigenvalue weighted by atomic mass is 9.98. The van der Waals surface area contributed by atoms with Crippen molar-refractivity contribution in [1.82, 2.24) is 4.90 Å². The van der Waals surface area contributed by atoms with Crippen molar-refractivity contribution in [3.05, 3.63) is 0 Å². The molecule has 0 saturated heterocycles. The molecule has 0 unspecified atom stereocenters. The fourth-order valence-electron chi connectivity index (χ4n) is 1.45. The van der Waals surface area contributed by atoms with Crippen molar-refractivity contribution in [2.45, 2.75) is 47.0 Å². The number of rotatable bonds is 7. The Hall–Kier alpha value is -0.960. The first-order valence-corrected chi connectivity index (χ1v) is 6.92. The number of nitrogens with two attached hydrogens (primary N) is 1. The van der Waals surface area contributed by atoms with Crippen LogP contribution in [0.25, 0.3) is 0 Å². The lowest BCUT2D eigenvalue weighted by molar-refractivity contribution is 0.307. The van der Waals surface area contributed by atoms with Crippen molar-refractivity contribution in [1.29, 1.82) is 0 Å². The first kappa shape index (κ1) is 17.0. The van der Waals surface area contributed by atoms with Crippen molar-refractivity contribution in [2.24, 2.45) is 11.1 Å². The van der Waals surface area contributed by atoms with Gasteiger partial charge in [-0.2, -0.15) is 0 Å². The summed E-state index contributed by atoms with van der Waals surface area (Å²) in [4.78, 5) is 2.31. The molecule has 0 atom stereocenters. The van der Waals surface area contributed by atoms with Gasteiger partial charge in [0, 0.05) is 18.5 Å². The third-order valence-corrected chi connectivity index (χ3v) is 2.41. The fourth-order valence-corrected chi connectivity index (χ4v) is 1.45. The van der Waals surface area contributed by atoms with Crippen LogP contribution in [0.4, 0.5) is 0 Å². The van der Waals surface area contributed by atoms with Crippen molar-refractivity contribution in [3.63, 3.8) is 0 Å². The predicted octanol–water partition coefficient (Wildman–Crippen LogP) is 2.49. The second-order valence-corrected chi connectivity index (χ2v) is 5.57. The second-order valence-electron chi connectivity index (χ2n) is 5.57. The summed E-state index contributed by atoms with van der Waals surface area (Å²) in [6.45, 7) is 12.0. The third-order valence-electron chi connectivity index (χ3n) is 2.41. The van der Waals surface area contributed by atoms with E-state index >= 15 is 0 Å². The van der Waals surface area contributed by atoms with Crippen molar-refractivity contribution in [2.75, 3.05) is 26.2 Å². The summed E-state index contributed by atoms with van der Waals surface area (Å²) in [5, 5.41) is 0. The Morgan fingerprint density at radius 3 is 2.33 bits per heavy atom. The Labute approximate surface area is 113 Å². The van der Waals surface area contributed by atoms with E-state index in [1.165, 1.54) is 19.3 Å². The lowest BCUT2D eigenvalue weighted by Crippen LogP contribution is -2.30. The zero-order valence-electron chi connectivity index (χ0n) is 12.5. The van der Waals surface area contributed by atoms with Crippen LogP contribution in [0.15, 0.2) is 0 Å². The van der Waals surface area contributed by atoms with Gasteiger partial charge in [0.25, 0.3) is 0 Å². The van der Waals surface area contributed by atoms with Crippen molar-refractivity contribution in [3.8, 4) is 23.7 Å². The van der Waals surface area contributed by atoms with Gasteiger partial charge >= 0.3 is 0 Å². The van der Waals surface area contributed by atoms with Crippen LogP contribution in [0.1, 0.15) is 47.0 Å². The molecule has 0 rings (SSSR count). The molecule has 0 aromatic rings. The number of hydrogen-bond donors (Lipinski definition) is 1. The van der Waals surface area contributed by atoms with Crippen LogP contribution in [-0.4, -0.2) is 31.1 Å². The molecule has 0 fully saturated rings. The van der Waals surface area contributed by atoms with E-state index in [0.717, 1.165) is 19.6 Å². The van der Waals surface area contributed by atoms with Crippen LogP contribution < -0.4 is 5.73 Å². The first-order chi connectivity index (χ1) is 8.49. The molecule has 0 spiro atoms. The normalized spacial score (nSPS) is 10.6. The van der Waals surface area contributed by atoms with Crippen molar-refractivity contribution >= 4 is 0 Å². The summed E-state index contributed by atoms with van der Waals surface area (Å²) in [7, 11) is 0. The van der Waals surface area contributed by atoms with Gasteiger partial charge in [-0.1, -0.05) is 31.6 Å². The highest BCUT2D eigenvalue weighted by Gasteiger charge is 2.02. The highest BCUT2D eigenvalue weighted by atomic mass is 15.1. The minimum absolute atomic E-state index is 0.0345. The fraction of sp³-hybridized carbons (Fsp3) is 0.750. The molecular weight excluding hydrogens is 220 g/mol. The smallest absolute Gasteiger partial charge is 0.0612 e. The quantitative estimate of drug-likeness (QED) is 0.554. The Morgan fingerprint density at radius 2 is 1.78 bits per heavy atom. The van der Waals surface area contributed by atoms with E-state index in [2.05, 4.69) is 56.3 Å². The highest BCUT2D eigenvalue weighted by Crippen LogP contribution is 2.09. The van der Waals surface area contributed by atoms with E-state index in [1.54, 1.807) is 0 Å². The minimum Gasteiger partial charge on any atom is -0.329 e. The molecule has 2 N–H and O–H groups in total. The van der Waals surface area contributed by atoms with E-state index in [1.807, 2.05) is 0 Å². The van der Waals surface area contributed by atoms with Crippen LogP contribution in [0.2, 0.25) is 0 Å². The Kier molecular flexibility index (Phi) is 9.47. The molecule has 2 nitrogen and oxygen atoms in total. The van der Waals surface area contributed by atoms with Gasteiger partial charge in [0.1, 0.15) is 0 Å². The summed E-state index contributed by atoms with van der Waals surface area (Å²) >= 11 is 0. The molecule has 0 aromatic carbocycles. The maximum Gasteiger partial charge on any atom is 0.0612 e. The molecule has 0 bridgehead atoms. The Bertz CT molecular complexity index is 317. The highest BCUT2D eigenvalue weighted by molar-refractivity contribution is 5.28. The van der Waals surface area contributed by atoms with Gasteiger partial charge in [-0.15, -0.1) is 0 Å². The maximum atomic E-state index is 5.60. The van der Waals surface area contributed by atoms with Gasteiger partial charge in [-0.3, -0.25) is 4.90 Å². The topological polar surface area (TPSA) is 29.3 Å². The molecule has 0 amide bonds. The summed E-state index contributed by atoms with van der Waals surface area (Å²) in [6.07, 6.45) is 3.75. The average Bonchev–Trinajstić information content (AvgIpc) is 2.27. The molecule has 18 heavy (non-hydrogen) atoms. The van der Waals surface area contributed by atoms with E-state index in [4.69, 9.17) is 5.73 Å². The number of nitrogens with zero attached hydrogens (tertiary/aromatic N) is 1. The molecule has 0 radical (unpaired) electrons. The van der Waals surface area contributed by atoms with E-state index in [9.17, 15) is 0 Å². The van der Waals surface area contributed by atoms with Gasteiger partial charge in [-0.25, -0.2) is 0 Å². The molecule has 0 heterocycles. The van der Waals surface area contributed by atoms with Crippen LogP contribution in [0.3, 0.4) is 0 Å². The SMILES string of the molecule is CCCCCN(CC#CC#CC(C)(C)C)CCN. The molecule has 0 aromatic heterocycles. The van der Waals surface area contributed by atoms with Crippen molar-refractivity contribution < 1.29 is 0 Å². The molecule has 0 saturated carbocycles. The molecular formula is C16H28N2. The molecule has 0 aliphatic heterocycles. The monoisotopic (exact) mass is 248 g/mol. The zero-order valence-corrected chi connectivity index (χ0v) is 12.5. The Morgan fingerprint density at radius 1 is 1.06 bits per heavy atom. The van der Waals surface area contributed by atoms with Crippen LogP contribution in [-0.2, 0) is 0 Å². The van der Waals surface area contributed by atoms with E-state index in [-0.39, 0.29) is 5.41 Å². The zero-order chi connectivity index (χ0) is 13.9. The summed E-state index contributed by atoms with van der Waals surface area (Å²) < 4.78 is 0. The van der Waals surface area contributed by atoms with Crippen LogP contribution in [0.5, 0.6) is 0 Å². The summed E-state index contributed by atoms with van der Waals surface area (Å²) in [6, 6.07) is 0. The standard InChI is InChI=1S/C16H28N2/c1-5-6-9-13-18(15-12-17)14-10-7-8-11-16(2,3)4/h5-6,9,12-15,17H2,1-4H3. The third kappa shape index (κ3) is 11.5. The van der Waals surface area contributed by atoms with Crippen LogP contribution in [0, 0.1) is 29.1 Å². The van der Waals surface area contributed by atoms with Gasteiger partial charge in [0.05, 0.1) is 6.54 Å². The largest absolute Gasteiger partial charge is 0.329 e.